The highest BCUT2D eigenvalue weighted by Crippen LogP contribution is 2.32. The number of carbonyl (C=O) groups excluding carboxylic acids is 1. The largest absolute Gasteiger partial charge is 0.444 e. The third-order valence-corrected chi connectivity index (χ3v) is 5.24. The molecule has 0 saturated heterocycles. The SMILES string of the molecule is Cc1noc(C)c1-c1ccc2c(=O)ccn(-c3cc(NC(=O)OC(C)(C)C)c(F)c(F)c3F)c2c1. The van der Waals surface area contributed by atoms with E-state index in [4.69, 9.17) is 9.26 Å². The summed E-state index contributed by atoms with van der Waals surface area (Å²) >= 11 is 0. The van der Waals surface area contributed by atoms with E-state index >= 15 is 0 Å². The molecule has 0 aliphatic heterocycles. The van der Waals surface area contributed by atoms with E-state index in [-0.39, 0.29) is 16.3 Å². The molecule has 0 saturated carbocycles. The number of benzene rings is 2. The predicted molar refractivity (Wildman–Crippen MR) is 124 cm³/mol. The molecule has 1 N–H and O–H groups in total. The number of amides is 1. The highest BCUT2D eigenvalue weighted by atomic mass is 19.2. The minimum Gasteiger partial charge on any atom is -0.444 e. The second-order valence-electron chi connectivity index (χ2n) is 8.99. The quantitative estimate of drug-likeness (QED) is 0.358. The van der Waals surface area contributed by atoms with Crippen molar-refractivity contribution in [1.29, 1.82) is 0 Å². The molecule has 2 aromatic carbocycles. The van der Waals surface area contributed by atoms with Crippen molar-refractivity contribution >= 4 is 22.7 Å². The molecule has 0 spiro atoms. The number of anilines is 1. The van der Waals surface area contributed by atoms with Crippen molar-refractivity contribution in [3.05, 3.63) is 75.7 Å². The number of pyridine rings is 1. The zero-order valence-electron chi connectivity index (χ0n) is 19.6. The first kappa shape index (κ1) is 24.1. The molecule has 7 nitrogen and oxygen atoms in total. The highest BCUT2D eigenvalue weighted by Gasteiger charge is 2.24. The first-order valence-corrected chi connectivity index (χ1v) is 10.6. The number of aromatic nitrogens is 2. The molecule has 0 atom stereocenters. The normalized spacial score (nSPS) is 11.7. The van der Waals surface area contributed by atoms with E-state index in [0.717, 1.165) is 6.07 Å². The number of nitrogens with one attached hydrogen (secondary N) is 1. The molecular weight excluding hydrogens is 463 g/mol. The van der Waals surface area contributed by atoms with E-state index in [1.807, 2.05) is 0 Å². The van der Waals surface area contributed by atoms with Gasteiger partial charge in [-0.3, -0.25) is 10.1 Å². The maximum Gasteiger partial charge on any atom is 0.412 e. The van der Waals surface area contributed by atoms with Crippen LogP contribution < -0.4 is 10.7 Å². The van der Waals surface area contributed by atoms with Crippen molar-refractivity contribution in [2.45, 2.75) is 40.2 Å². The Labute approximate surface area is 198 Å². The van der Waals surface area contributed by atoms with Crippen LogP contribution in [-0.4, -0.2) is 21.4 Å². The first-order chi connectivity index (χ1) is 16.4. The summed E-state index contributed by atoms with van der Waals surface area (Å²) in [6.45, 7) is 8.27. The molecule has 4 rings (SSSR count). The Kier molecular flexibility index (Phi) is 5.92. The second kappa shape index (κ2) is 8.61. The van der Waals surface area contributed by atoms with E-state index in [0.29, 0.717) is 22.6 Å². The molecule has 0 radical (unpaired) electrons. The number of carbonyl (C=O) groups is 1. The summed E-state index contributed by atoms with van der Waals surface area (Å²) in [6.07, 6.45) is 0.202. The molecule has 10 heteroatoms. The van der Waals surface area contributed by atoms with Gasteiger partial charge in [-0.25, -0.2) is 18.0 Å². The number of halogens is 3. The minimum atomic E-state index is -1.79. The minimum absolute atomic E-state index is 0.216. The predicted octanol–water partition coefficient (Wildman–Crippen LogP) is 6.03. The summed E-state index contributed by atoms with van der Waals surface area (Å²) in [5.41, 5.74) is -0.145. The van der Waals surface area contributed by atoms with Gasteiger partial charge in [0.25, 0.3) is 0 Å². The van der Waals surface area contributed by atoms with Crippen LogP contribution in [0.2, 0.25) is 0 Å². The van der Waals surface area contributed by atoms with Gasteiger partial charge in [0.05, 0.1) is 22.6 Å². The monoisotopic (exact) mass is 485 g/mol. The third kappa shape index (κ3) is 4.51. The number of fused-ring (bicyclic) bond motifs is 1. The van der Waals surface area contributed by atoms with Gasteiger partial charge in [0.2, 0.25) is 0 Å². The fourth-order valence-electron chi connectivity index (χ4n) is 3.78. The van der Waals surface area contributed by atoms with Crippen LogP contribution >= 0.6 is 0 Å². The number of nitrogens with zero attached hydrogens (tertiary/aromatic N) is 2. The molecule has 2 aromatic heterocycles. The van der Waals surface area contributed by atoms with Crippen LogP contribution in [0.1, 0.15) is 32.2 Å². The number of hydrogen-bond acceptors (Lipinski definition) is 5. The molecule has 0 bridgehead atoms. The second-order valence-corrected chi connectivity index (χ2v) is 8.99. The molecule has 0 aliphatic carbocycles. The van der Waals surface area contributed by atoms with Crippen molar-refractivity contribution in [2.75, 3.05) is 5.32 Å². The Balaban J connectivity index is 1.92. The Morgan fingerprint density at radius 3 is 2.40 bits per heavy atom. The zero-order chi connectivity index (χ0) is 25.7. The van der Waals surface area contributed by atoms with Crippen LogP contribution in [0.3, 0.4) is 0 Å². The molecular formula is C25H22F3N3O4. The van der Waals surface area contributed by atoms with Crippen LogP contribution in [0.4, 0.5) is 23.7 Å². The lowest BCUT2D eigenvalue weighted by atomic mass is 10.0. The first-order valence-electron chi connectivity index (χ1n) is 10.6. The van der Waals surface area contributed by atoms with E-state index in [9.17, 15) is 22.8 Å². The Hall–Kier alpha value is -4.08. The van der Waals surface area contributed by atoms with E-state index in [1.54, 1.807) is 52.8 Å². The Morgan fingerprint density at radius 1 is 1.06 bits per heavy atom. The van der Waals surface area contributed by atoms with Crippen LogP contribution in [0.15, 0.2) is 45.8 Å². The van der Waals surface area contributed by atoms with Gasteiger partial charge >= 0.3 is 6.09 Å². The number of rotatable bonds is 3. The average Bonchev–Trinajstić information content (AvgIpc) is 3.11. The molecule has 182 valence electrons. The van der Waals surface area contributed by atoms with E-state index < -0.39 is 40.5 Å². The van der Waals surface area contributed by atoms with Gasteiger partial charge in [0, 0.05) is 23.2 Å². The van der Waals surface area contributed by atoms with Crippen molar-refractivity contribution in [3.8, 4) is 16.8 Å². The highest BCUT2D eigenvalue weighted by molar-refractivity contribution is 5.88. The van der Waals surface area contributed by atoms with Crippen molar-refractivity contribution in [3.63, 3.8) is 0 Å². The molecule has 35 heavy (non-hydrogen) atoms. The van der Waals surface area contributed by atoms with E-state index in [1.165, 1.54) is 16.8 Å². The summed E-state index contributed by atoms with van der Waals surface area (Å²) < 4.78 is 55.6. The summed E-state index contributed by atoms with van der Waals surface area (Å²) in [7, 11) is 0. The summed E-state index contributed by atoms with van der Waals surface area (Å²) in [4.78, 5) is 24.6. The lowest BCUT2D eigenvalue weighted by Crippen LogP contribution is -2.27. The standard InChI is InChI=1S/C25H22F3N3O4/c1-12-20(13(2)35-30-12)14-6-7-15-17(10-14)31(9-8-19(15)32)18-11-16(21(26)23(28)22(18)27)29-24(33)34-25(3,4)5/h6-11H,1-5H3,(H,29,33). The van der Waals surface area contributed by atoms with Crippen LogP contribution in [-0.2, 0) is 4.74 Å². The molecule has 0 unspecified atom stereocenters. The average molecular weight is 485 g/mol. The zero-order valence-corrected chi connectivity index (χ0v) is 19.6. The Morgan fingerprint density at radius 2 is 1.77 bits per heavy atom. The summed E-state index contributed by atoms with van der Waals surface area (Å²) in [5, 5.41) is 6.25. The van der Waals surface area contributed by atoms with Gasteiger partial charge in [0.15, 0.2) is 22.9 Å². The third-order valence-electron chi connectivity index (χ3n) is 5.24. The lowest BCUT2D eigenvalue weighted by Gasteiger charge is -2.20. The fourth-order valence-corrected chi connectivity index (χ4v) is 3.78. The summed E-state index contributed by atoms with van der Waals surface area (Å²) in [5.74, 6) is -4.33. The van der Waals surface area contributed by atoms with Gasteiger partial charge in [-0.05, 0) is 58.4 Å². The van der Waals surface area contributed by atoms with E-state index in [2.05, 4.69) is 10.5 Å². The van der Waals surface area contributed by atoms with Gasteiger partial charge in [-0.2, -0.15) is 0 Å². The maximum absolute atomic E-state index is 15.0. The molecule has 4 aromatic rings. The van der Waals surface area contributed by atoms with Crippen molar-refractivity contribution in [1.82, 2.24) is 9.72 Å². The Bertz CT molecular complexity index is 1510. The summed E-state index contributed by atoms with van der Waals surface area (Å²) in [6, 6.07) is 6.96. The number of hydrogen-bond donors (Lipinski definition) is 1. The molecule has 2 heterocycles. The molecule has 0 fully saturated rings. The van der Waals surface area contributed by atoms with Gasteiger partial charge in [-0.15, -0.1) is 0 Å². The van der Waals surface area contributed by atoms with Crippen molar-refractivity contribution < 1.29 is 27.2 Å². The fraction of sp³-hybridized carbons (Fsp3) is 0.240. The lowest BCUT2D eigenvalue weighted by molar-refractivity contribution is 0.0635. The molecule has 0 aliphatic rings. The maximum atomic E-state index is 15.0. The van der Waals surface area contributed by atoms with Gasteiger partial charge in [-0.1, -0.05) is 11.2 Å². The number of ether oxygens (including phenoxy) is 1. The van der Waals surface area contributed by atoms with Crippen LogP contribution in [0.25, 0.3) is 27.7 Å². The smallest absolute Gasteiger partial charge is 0.412 e. The van der Waals surface area contributed by atoms with Crippen LogP contribution in [0, 0.1) is 31.3 Å². The number of aryl methyl sites for hydroxylation is 2. The van der Waals surface area contributed by atoms with Gasteiger partial charge in [0.1, 0.15) is 11.4 Å². The van der Waals surface area contributed by atoms with Gasteiger partial charge < -0.3 is 13.8 Å². The molecule has 1 amide bonds. The van der Waals surface area contributed by atoms with Crippen molar-refractivity contribution in [2.24, 2.45) is 0 Å². The topological polar surface area (TPSA) is 86.4 Å². The van der Waals surface area contributed by atoms with Crippen LogP contribution in [0.5, 0.6) is 0 Å².